The van der Waals surface area contributed by atoms with E-state index in [1.807, 2.05) is 6.92 Å². The lowest BCUT2D eigenvalue weighted by molar-refractivity contribution is -0.121. The number of amides is 3. The highest BCUT2D eigenvalue weighted by molar-refractivity contribution is 6.42. The minimum absolute atomic E-state index is 0.0249. The maximum Gasteiger partial charge on any atom is 0.261 e. The quantitative estimate of drug-likeness (QED) is 0.788. The molecule has 0 radical (unpaired) electrons. The van der Waals surface area contributed by atoms with Crippen LogP contribution in [0.25, 0.3) is 0 Å². The van der Waals surface area contributed by atoms with Crippen LogP contribution < -0.4 is 5.32 Å². The molecular weight excluding hydrogens is 375 g/mol. The molecule has 2 aromatic carbocycles. The molecule has 1 atom stereocenters. The van der Waals surface area contributed by atoms with Crippen molar-refractivity contribution < 1.29 is 14.4 Å². The van der Waals surface area contributed by atoms with Gasteiger partial charge in [0.15, 0.2) is 0 Å². The largest absolute Gasteiger partial charge is 0.350 e. The van der Waals surface area contributed by atoms with Crippen LogP contribution in [-0.2, 0) is 4.79 Å². The second-order valence-corrected chi connectivity index (χ2v) is 6.83. The average Bonchev–Trinajstić information content (AvgIpc) is 2.86. The van der Waals surface area contributed by atoms with E-state index in [1.165, 1.54) is 0 Å². The lowest BCUT2D eigenvalue weighted by Gasteiger charge is -2.17. The van der Waals surface area contributed by atoms with Gasteiger partial charge in [0, 0.05) is 13.0 Å². The minimum Gasteiger partial charge on any atom is -0.350 e. The second kappa shape index (κ2) is 7.48. The maximum absolute atomic E-state index is 12.3. The number of hydrogen-bond donors (Lipinski definition) is 1. The summed E-state index contributed by atoms with van der Waals surface area (Å²) in [5, 5.41) is 3.68. The number of halogens is 2. The van der Waals surface area contributed by atoms with Crippen LogP contribution in [0.5, 0.6) is 0 Å². The summed E-state index contributed by atoms with van der Waals surface area (Å²) in [6.45, 7) is 1.85. The summed E-state index contributed by atoms with van der Waals surface area (Å²) in [5.74, 6) is -0.994. The molecule has 7 heteroatoms. The van der Waals surface area contributed by atoms with Gasteiger partial charge in [0.25, 0.3) is 11.8 Å². The highest BCUT2D eigenvalue weighted by atomic mass is 35.5. The van der Waals surface area contributed by atoms with Gasteiger partial charge in [0.05, 0.1) is 27.2 Å². The zero-order valence-electron chi connectivity index (χ0n) is 14.0. The molecule has 0 fully saturated rings. The molecule has 26 heavy (non-hydrogen) atoms. The number of nitrogens with one attached hydrogen (secondary N) is 1. The Morgan fingerprint density at radius 1 is 1.04 bits per heavy atom. The number of carbonyl (C=O) groups excluding carboxylic acids is 3. The monoisotopic (exact) mass is 390 g/mol. The van der Waals surface area contributed by atoms with Crippen molar-refractivity contribution in [3.05, 3.63) is 69.2 Å². The predicted molar refractivity (Wildman–Crippen MR) is 99.4 cm³/mol. The summed E-state index contributed by atoms with van der Waals surface area (Å²) < 4.78 is 0. The van der Waals surface area contributed by atoms with Crippen LogP contribution in [-0.4, -0.2) is 29.2 Å². The molecule has 0 bridgehead atoms. The molecule has 1 N–H and O–H groups in total. The molecular formula is C19H16Cl2N2O3. The first-order valence-electron chi connectivity index (χ1n) is 8.08. The zero-order chi connectivity index (χ0) is 18.8. The Morgan fingerprint density at radius 3 is 2.23 bits per heavy atom. The van der Waals surface area contributed by atoms with E-state index in [0.29, 0.717) is 21.2 Å². The lowest BCUT2D eigenvalue weighted by atomic mass is 10.1. The van der Waals surface area contributed by atoms with Gasteiger partial charge in [-0.25, -0.2) is 0 Å². The third kappa shape index (κ3) is 3.59. The van der Waals surface area contributed by atoms with Gasteiger partial charge in [-0.15, -0.1) is 0 Å². The Kier molecular flexibility index (Phi) is 5.30. The molecule has 0 saturated carbocycles. The van der Waals surface area contributed by atoms with Crippen molar-refractivity contribution in [2.45, 2.75) is 19.4 Å². The molecule has 2 aromatic rings. The van der Waals surface area contributed by atoms with Crippen molar-refractivity contribution >= 4 is 40.9 Å². The molecule has 0 aromatic heterocycles. The van der Waals surface area contributed by atoms with Crippen LogP contribution in [0.15, 0.2) is 42.5 Å². The van der Waals surface area contributed by atoms with Gasteiger partial charge >= 0.3 is 0 Å². The van der Waals surface area contributed by atoms with E-state index in [1.54, 1.807) is 42.5 Å². The fourth-order valence-corrected chi connectivity index (χ4v) is 3.14. The molecule has 0 saturated heterocycles. The predicted octanol–water partition coefficient (Wildman–Crippen LogP) is 3.86. The molecule has 3 amide bonds. The molecule has 0 aliphatic carbocycles. The normalized spacial score (nSPS) is 14.3. The molecule has 1 heterocycles. The average molecular weight is 391 g/mol. The number of nitrogens with zero attached hydrogens (tertiary/aromatic N) is 1. The lowest BCUT2D eigenvalue weighted by Crippen LogP contribution is -2.35. The third-order valence-electron chi connectivity index (χ3n) is 4.26. The number of imide groups is 1. The Labute approximate surface area is 160 Å². The second-order valence-electron chi connectivity index (χ2n) is 6.02. The molecule has 3 rings (SSSR count). The van der Waals surface area contributed by atoms with Crippen molar-refractivity contribution in [3.63, 3.8) is 0 Å². The van der Waals surface area contributed by atoms with Crippen LogP contribution in [0.2, 0.25) is 10.0 Å². The minimum atomic E-state index is -0.365. The van der Waals surface area contributed by atoms with E-state index in [4.69, 9.17) is 23.2 Å². The van der Waals surface area contributed by atoms with Crippen molar-refractivity contribution in [1.29, 1.82) is 0 Å². The van der Waals surface area contributed by atoms with Gasteiger partial charge in [-0.1, -0.05) is 41.4 Å². The van der Waals surface area contributed by atoms with Gasteiger partial charge < -0.3 is 5.32 Å². The molecule has 5 nitrogen and oxygen atoms in total. The highest BCUT2D eigenvalue weighted by Crippen LogP contribution is 2.26. The third-order valence-corrected chi connectivity index (χ3v) is 5.00. The van der Waals surface area contributed by atoms with Crippen molar-refractivity contribution in [2.24, 2.45) is 0 Å². The van der Waals surface area contributed by atoms with E-state index in [2.05, 4.69) is 5.32 Å². The van der Waals surface area contributed by atoms with Crippen molar-refractivity contribution in [2.75, 3.05) is 6.54 Å². The van der Waals surface area contributed by atoms with Crippen LogP contribution in [0, 0.1) is 0 Å². The number of rotatable bonds is 5. The van der Waals surface area contributed by atoms with Crippen molar-refractivity contribution in [3.8, 4) is 0 Å². The van der Waals surface area contributed by atoms with Gasteiger partial charge in [-0.3, -0.25) is 19.3 Å². The number of fused-ring (bicyclic) bond motifs is 1. The summed E-state index contributed by atoms with van der Waals surface area (Å²) in [5.41, 5.74) is 1.57. The summed E-state index contributed by atoms with van der Waals surface area (Å²) in [6, 6.07) is 11.5. The van der Waals surface area contributed by atoms with Crippen LogP contribution in [0.4, 0.5) is 0 Å². The van der Waals surface area contributed by atoms with Crippen LogP contribution >= 0.6 is 23.2 Å². The Hall–Kier alpha value is -2.37. The molecule has 1 unspecified atom stereocenters. The first-order valence-corrected chi connectivity index (χ1v) is 8.83. The van der Waals surface area contributed by atoms with Gasteiger partial charge in [-0.2, -0.15) is 0 Å². The van der Waals surface area contributed by atoms with Gasteiger partial charge in [0.1, 0.15) is 0 Å². The SMILES string of the molecule is CC(NC(=O)CCN1C(=O)c2ccccc2C1=O)c1ccc(Cl)c(Cl)c1. The fraction of sp³-hybridized carbons (Fsp3) is 0.211. The van der Waals surface area contributed by atoms with E-state index in [-0.39, 0.29) is 36.7 Å². The molecule has 1 aliphatic heterocycles. The molecule has 0 spiro atoms. The van der Waals surface area contributed by atoms with Crippen molar-refractivity contribution in [1.82, 2.24) is 10.2 Å². The summed E-state index contributed by atoms with van der Waals surface area (Å²) in [6.07, 6.45) is 0.0249. The standard InChI is InChI=1S/C19H16Cl2N2O3/c1-11(12-6-7-15(20)16(21)10-12)22-17(24)8-9-23-18(25)13-4-2-3-5-14(13)19(23)26/h2-7,10-11H,8-9H2,1H3,(H,22,24). The Balaban J connectivity index is 1.59. The number of carbonyl (C=O) groups is 3. The highest BCUT2D eigenvalue weighted by Gasteiger charge is 2.35. The topological polar surface area (TPSA) is 66.5 Å². The van der Waals surface area contributed by atoms with Crippen LogP contribution in [0.1, 0.15) is 45.7 Å². The number of benzene rings is 2. The Morgan fingerprint density at radius 2 is 1.65 bits per heavy atom. The van der Waals surface area contributed by atoms with Crippen LogP contribution in [0.3, 0.4) is 0 Å². The molecule has 134 valence electrons. The van der Waals surface area contributed by atoms with E-state index in [0.717, 1.165) is 10.5 Å². The summed E-state index contributed by atoms with van der Waals surface area (Å²) >= 11 is 11.9. The number of hydrogen-bond acceptors (Lipinski definition) is 3. The Bertz CT molecular complexity index is 863. The fourth-order valence-electron chi connectivity index (χ4n) is 2.83. The van der Waals surface area contributed by atoms with Gasteiger partial charge in [0.2, 0.25) is 5.91 Å². The summed E-state index contributed by atoms with van der Waals surface area (Å²) in [4.78, 5) is 37.9. The summed E-state index contributed by atoms with van der Waals surface area (Å²) in [7, 11) is 0. The first kappa shape index (κ1) is 18.4. The zero-order valence-corrected chi connectivity index (χ0v) is 15.5. The van der Waals surface area contributed by atoms with E-state index >= 15 is 0 Å². The maximum atomic E-state index is 12.3. The van der Waals surface area contributed by atoms with E-state index in [9.17, 15) is 14.4 Å². The van der Waals surface area contributed by atoms with Gasteiger partial charge in [-0.05, 0) is 36.8 Å². The smallest absolute Gasteiger partial charge is 0.261 e. The molecule has 1 aliphatic rings. The first-order chi connectivity index (χ1) is 12.4. The van der Waals surface area contributed by atoms with E-state index < -0.39 is 0 Å².